The van der Waals surface area contributed by atoms with Crippen LogP contribution in [0.1, 0.15) is 6.92 Å². The van der Waals surface area contributed by atoms with Gasteiger partial charge in [0.2, 0.25) is 0 Å². The van der Waals surface area contributed by atoms with Gasteiger partial charge in [0.05, 0.1) is 7.11 Å². The number of halogens is 1. The third kappa shape index (κ3) is 10.8. The molecule has 0 atom stereocenters. The Morgan fingerprint density at radius 2 is 1.94 bits per heavy atom. The van der Waals surface area contributed by atoms with Crippen LogP contribution in [0.25, 0.3) is 0 Å². The number of hydrogen-bond acceptors (Lipinski definition) is 4. The van der Waals surface area contributed by atoms with E-state index in [1.165, 1.54) is 0 Å². The number of allylic oxidation sites excluding steroid dienone is 5. The van der Waals surface area contributed by atoms with Crippen LogP contribution in [0.2, 0.25) is 0 Å². The summed E-state index contributed by atoms with van der Waals surface area (Å²) in [5, 5.41) is 2.84. The van der Waals surface area contributed by atoms with Crippen LogP contribution in [0.5, 0.6) is 0 Å². The molecule has 0 N–H and O–H groups in total. The first-order valence-corrected chi connectivity index (χ1v) is 9.47. The molecular weight excluding hydrogens is 457 g/mol. The minimum absolute atomic E-state index is 0.484. The molecule has 0 saturated heterocycles. The van der Waals surface area contributed by atoms with Gasteiger partial charge in [0.15, 0.2) is 0 Å². The average molecular weight is 473 g/mol. The zero-order chi connectivity index (χ0) is 14.6. The second kappa shape index (κ2) is 13.1. The molecule has 0 saturated carbocycles. The van der Waals surface area contributed by atoms with Gasteiger partial charge in [-0.1, -0.05) is 12.1 Å². The topological polar surface area (TPSA) is 55.7 Å². The van der Waals surface area contributed by atoms with Gasteiger partial charge < -0.3 is 4.74 Å². The molecule has 0 amide bonds. The zero-order valence-corrected chi connectivity index (χ0v) is 14.4. The number of methoxy groups -OCH3 is 1. The molecule has 0 aromatic carbocycles. The van der Waals surface area contributed by atoms with Crippen LogP contribution >= 0.6 is 9.42 Å². The normalized spacial score (nSPS) is 15.2. The zero-order valence-electron chi connectivity index (χ0n) is 10.6. The number of nitrogens with zero attached hydrogens (tertiary/aromatic N) is 1. The molecule has 4 nitrogen and oxygen atoms in total. The second-order valence-electron chi connectivity index (χ2n) is 3.15. The Morgan fingerprint density at radius 3 is 2.22 bits per heavy atom. The average Bonchev–Trinajstić information content (AvgIpc) is 2.39. The van der Waals surface area contributed by atoms with Crippen LogP contribution in [0.15, 0.2) is 40.4 Å². The van der Waals surface area contributed by atoms with E-state index in [4.69, 9.17) is 4.74 Å². The summed E-state index contributed by atoms with van der Waals surface area (Å²) in [7, 11) is 5.60. The van der Waals surface area contributed by atoms with E-state index in [-0.39, 0.29) is 0 Å². The Kier molecular flexibility index (Phi) is 14.5. The standard InChI is InChI=1S/C9H10NO2.C2H6OS.ClH.Pt/c1-7(10-11)8-3-5-9(12-2)6-4-8;1-4(2)3;;/h3-6H,1-2H3;1-2H3;1H;/q-1;;;+2/p-1. The van der Waals surface area contributed by atoms with Crippen molar-refractivity contribution in [3.8, 4) is 0 Å². The second-order valence-corrected chi connectivity index (χ2v) is 4.63. The molecule has 1 aliphatic rings. The van der Waals surface area contributed by atoms with Crippen molar-refractivity contribution in [1.82, 2.24) is 0 Å². The van der Waals surface area contributed by atoms with E-state index < -0.39 is 10.8 Å². The molecular formula is C11H16ClNO3PtS. The van der Waals surface area contributed by atoms with Crippen molar-refractivity contribution in [1.29, 1.82) is 0 Å². The number of ether oxygens (including phenoxy) is 1. The third-order valence-electron chi connectivity index (χ3n) is 1.64. The van der Waals surface area contributed by atoms with Gasteiger partial charge >= 0.3 is 28.2 Å². The fourth-order valence-electron chi connectivity index (χ4n) is 0.885. The Labute approximate surface area is 126 Å². The van der Waals surface area contributed by atoms with E-state index in [0.29, 0.717) is 5.70 Å². The molecule has 0 fully saturated rings. The van der Waals surface area contributed by atoms with E-state index in [2.05, 4.69) is 14.6 Å². The molecule has 0 heterocycles. The molecule has 7 heteroatoms. The van der Waals surface area contributed by atoms with Crippen molar-refractivity contribution in [3.63, 3.8) is 0 Å². The Morgan fingerprint density at radius 1 is 1.44 bits per heavy atom. The van der Waals surface area contributed by atoms with Gasteiger partial charge in [-0.3, -0.25) is 4.21 Å². The molecule has 1 aliphatic carbocycles. The molecule has 0 aromatic heterocycles. The van der Waals surface area contributed by atoms with Crippen LogP contribution in [0.4, 0.5) is 0 Å². The molecule has 1 rings (SSSR count). The quantitative estimate of drug-likeness (QED) is 0.458. The predicted molar refractivity (Wildman–Crippen MR) is 72.9 cm³/mol. The fraction of sp³-hybridized carbons (Fsp3) is 0.364. The predicted octanol–water partition coefficient (Wildman–Crippen LogP) is 3.01. The summed E-state index contributed by atoms with van der Waals surface area (Å²) in [4.78, 5) is 10.1. The summed E-state index contributed by atoms with van der Waals surface area (Å²) in [5.41, 5.74) is 1.31. The molecule has 0 unspecified atom stereocenters. The van der Waals surface area contributed by atoms with Crippen molar-refractivity contribution in [3.05, 3.63) is 46.6 Å². The van der Waals surface area contributed by atoms with Gasteiger partial charge in [-0.2, -0.15) is 4.91 Å². The molecule has 0 aromatic rings. The van der Waals surface area contributed by atoms with Crippen molar-refractivity contribution in [2.75, 3.05) is 19.6 Å². The number of rotatable bonds is 2. The molecule has 0 radical (unpaired) electrons. The van der Waals surface area contributed by atoms with Crippen LogP contribution < -0.4 is 0 Å². The summed E-state index contributed by atoms with van der Waals surface area (Å²) in [6.45, 7) is 1.68. The van der Waals surface area contributed by atoms with Gasteiger partial charge in [-0.15, -0.1) is 30.2 Å². The van der Waals surface area contributed by atoms with Crippen molar-refractivity contribution >= 4 is 20.2 Å². The Bertz CT molecular complexity index is 363. The minimum atomic E-state index is -0.611. The summed E-state index contributed by atoms with van der Waals surface area (Å²) in [6, 6.07) is 0. The van der Waals surface area contributed by atoms with Crippen molar-refractivity contribution < 1.29 is 27.7 Å². The molecule has 0 spiro atoms. The fourth-order valence-corrected chi connectivity index (χ4v) is 0.885. The van der Waals surface area contributed by atoms with E-state index in [1.54, 1.807) is 70.0 Å². The van der Waals surface area contributed by atoms with Crippen LogP contribution in [0, 0.1) is 11.3 Å². The number of hydrogen-bond donors (Lipinski definition) is 0. The van der Waals surface area contributed by atoms with E-state index in [9.17, 15) is 9.12 Å². The summed E-state index contributed by atoms with van der Waals surface area (Å²) >= 11 is 1.61. The number of nitroso groups, excluding NO2 is 1. The monoisotopic (exact) mass is 472 g/mol. The van der Waals surface area contributed by atoms with Gasteiger partial charge in [0.1, 0.15) is 0 Å². The Balaban J connectivity index is 0. The molecule has 18 heavy (non-hydrogen) atoms. The first kappa shape index (κ1) is 19.9. The van der Waals surface area contributed by atoms with Crippen molar-refractivity contribution in [2.45, 2.75) is 6.92 Å². The van der Waals surface area contributed by atoms with Gasteiger partial charge in [0.25, 0.3) is 0 Å². The third-order valence-corrected chi connectivity index (χ3v) is 1.64. The van der Waals surface area contributed by atoms with E-state index >= 15 is 0 Å². The van der Waals surface area contributed by atoms with E-state index in [1.807, 2.05) is 0 Å². The maximum absolute atomic E-state index is 10.1. The molecule has 0 bridgehead atoms. The summed E-state index contributed by atoms with van der Waals surface area (Å²) in [6.07, 6.45) is 10.5. The molecule has 106 valence electrons. The van der Waals surface area contributed by atoms with E-state index in [0.717, 1.165) is 11.3 Å². The molecule has 0 aliphatic heterocycles. The summed E-state index contributed by atoms with van der Waals surface area (Å²) in [5.74, 6) is 0.775. The summed E-state index contributed by atoms with van der Waals surface area (Å²) < 4.78 is 14.5. The van der Waals surface area contributed by atoms with Crippen LogP contribution in [-0.4, -0.2) is 23.8 Å². The maximum atomic E-state index is 10.1. The van der Waals surface area contributed by atoms with Gasteiger partial charge in [-0.25, -0.2) is 0 Å². The first-order valence-electron chi connectivity index (χ1n) is 4.69. The SMILES string of the molecule is COC1=C[CH-]/C(=C(/C)N=O)C=C1.CS(C)=O.[Cl][Pt+]. The first-order chi connectivity index (χ1) is 8.51. The van der Waals surface area contributed by atoms with Crippen molar-refractivity contribution in [2.24, 2.45) is 5.18 Å². The van der Waals surface area contributed by atoms with Crippen LogP contribution in [0.3, 0.4) is 0 Å². The van der Waals surface area contributed by atoms with Gasteiger partial charge in [-0.05, 0) is 0 Å². The van der Waals surface area contributed by atoms with Gasteiger partial charge in [0, 0.05) is 34.8 Å². The van der Waals surface area contributed by atoms with Crippen LogP contribution in [-0.2, 0) is 34.3 Å². The Hall–Kier alpha value is -0.382.